The van der Waals surface area contributed by atoms with Crippen molar-refractivity contribution in [2.45, 2.75) is 16.8 Å². The Kier molecular flexibility index (Phi) is 5.56. The first-order valence-corrected chi connectivity index (χ1v) is 9.71. The minimum Gasteiger partial charge on any atom is -0.604 e. The van der Waals surface area contributed by atoms with Crippen LogP contribution in [0.4, 0.5) is 18.3 Å². The van der Waals surface area contributed by atoms with Crippen molar-refractivity contribution in [1.29, 1.82) is 0 Å². The number of carbonyl (C=O) groups is 1. The number of carbonyl (C=O) groups excluding carboxylic acids is 1. The van der Waals surface area contributed by atoms with Crippen LogP contribution < -0.4 is 4.90 Å². The Bertz CT molecular complexity index is 797. The summed E-state index contributed by atoms with van der Waals surface area (Å²) in [5.74, 6) is -0.292. The number of hydrogen-bond donors (Lipinski definition) is 1. The van der Waals surface area contributed by atoms with E-state index in [0.29, 0.717) is 16.6 Å². The van der Waals surface area contributed by atoms with Crippen LogP contribution in [0.1, 0.15) is 21.7 Å². The zero-order chi connectivity index (χ0) is 18.9. The van der Waals surface area contributed by atoms with E-state index in [9.17, 15) is 27.6 Å². The van der Waals surface area contributed by atoms with Crippen LogP contribution >= 0.6 is 11.3 Å². The molecule has 2 heterocycles. The molecule has 1 N–H and O–H groups in total. The number of aromatic nitrogens is 1. The smallest absolute Gasteiger partial charge is 0.578 e. The molecule has 0 spiro atoms. The maximum atomic E-state index is 12.6. The normalized spacial score (nSPS) is 19.0. The van der Waals surface area contributed by atoms with E-state index in [1.807, 2.05) is 4.90 Å². The van der Waals surface area contributed by atoms with Crippen LogP contribution in [-0.2, 0) is 11.2 Å². The maximum Gasteiger partial charge on any atom is 0.578 e. The number of halogens is 3. The zero-order valence-electron chi connectivity index (χ0n) is 13.4. The molecule has 10 heteroatoms. The minimum atomic E-state index is -4.88. The van der Waals surface area contributed by atoms with Crippen LogP contribution in [0, 0.1) is 5.92 Å². The average Bonchev–Trinajstić information content (AvgIpc) is 3.28. The zero-order valence-corrected chi connectivity index (χ0v) is 15.0. The summed E-state index contributed by atoms with van der Waals surface area (Å²) < 4.78 is 49.3. The molecule has 3 rings (SSSR count). The summed E-state index contributed by atoms with van der Waals surface area (Å²) in [6.07, 6.45) is 2.23. The van der Waals surface area contributed by atoms with Crippen molar-refractivity contribution in [3.8, 4) is 0 Å². The fraction of sp³-hybridized carbons (Fsp3) is 0.375. The molecule has 26 heavy (non-hydrogen) atoms. The average molecular weight is 404 g/mol. The Morgan fingerprint density at radius 3 is 2.88 bits per heavy atom. The number of alkyl halides is 3. The monoisotopic (exact) mass is 404 g/mol. The summed E-state index contributed by atoms with van der Waals surface area (Å²) in [7, 11) is 0. The quantitative estimate of drug-likeness (QED) is 0.613. The van der Waals surface area contributed by atoms with Crippen molar-refractivity contribution < 1.29 is 27.6 Å². The third-order valence-electron chi connectivity index (χ3n) is 4.05. The Balaban J connectivity index is 1.78. The van der Waals surface area contributed by atoms with Crippen molar-refractivity contribution in [2.75, 3.05) is 24.6 Å². The highest BCUT2D eigenvalue weighted by molar-refractivity contribution is 7.92. The number of aliphatic hydroxyl groups is 1. The summed E-state index contributed by atoms with van der Waals surface area (Å²) in [6, 6.07) is 4.75. The molecule has 1 aliphatic heterocycles. The Labute approximate surface area is 154 Å². The standard InChI is InChI=1S/C16H15F3N2O3S2/c17-16(18,19)26(24)12-3-1-2-11(6-12)14(23)13-7-20-15(25-13)21-5-4-10(8-21)9-22/h1-3,6-7,10,22H,4-5,8-9H2/t10-,26?/m0/s1. The highest BCUT2D eigenvalue weighted by Crippen LogP contribution is 2.32. The second kappa shape index (κ2) is 7.55. The first kappa shape index (κ1) is 19.2. The third-order valence-corrected chi connectivity index (χ3v) is 6.21. The number of aliphatic hydroxyl groups excluding tert-OH is 1. The largest absolute Gasteiger partial charge is 0.604 e. The molecule has 0 aliphatic carbocycles. The van der Waals surface area contributed by atoms with Gasteiger partial charge in [0.25, 0.3) is 0 Å². The number of thiazole rings is 1. The van der Waals surface area contributed by atoms with Crippen molar-refractivity contribution in [1.82, 2.24) is 4.98 Å². The first-order chi connectivity index (χ1) is 12.3. The lowest BCUT2D eigenvalue weighted by atomic mass is 10.1. The first-order valence-electron chi connectivity index (χ1n) is 7.74. The molecule has 1 saturated heterocycles. The van der Waals surface area contributed by atoms with Gasteiger partial charge in [-0.1, -0.05) is 23.5 Å². The SMILES string of the molecule is O=C(c1cccc([S+]([O-])C(F)(F)F)c1)c1cnc(N2CC[C@H](CO)C2)s1. The van der Waals surface area contributed by atoms with Crippen LogP contribution in [0.25, 0.3) is 0 Å². The number of rotatable bonds is 5. The molecule has 140 valence electrons. The van der Waals surface area contributed by atoms with Gasteiger partial charge in [-0.3, -0.25) is 4.79 Å². The van der Waals surface area contributed by atoms with Crippen molar-refractivity contribution >= 4 is 33.4 Å². The fourth-order valence-electron chi connectivity index (χ4n) is 2.70. The van der Waals surface area contributed by atoms with Gasteiger partial charge in [0, 0.05) is 37.2 Å². The predicted molar refractivity (Wildman–Crippen MR) is 91.9 cm³/mol. The van der Waals surface area contributed by atoms with Gasteiger partial charge in [-0.2, -0.15) is 0 Å². The summed E-state index contributed by atoms with van der Waals surface area (Å²) >= 11 is -2.03. The molecule has 0 radical (unpaired) electrons. The number of anilines is 1. The molecule has 5 nitrogen and oxygen atoms in total. The van der Waals surface area contributed by atoms with Crippen molar-refractivity contribution in [3.05, 3.63) is 40.9 Å². The number of benzene rings is 1. The lowest BCUT2D eigenvalue weighted by Gasteiger charge is -2.13. The van der Waals surface area contributed by atoms with E-state index in [2.05, 4.69) is 4.98 Å². The van der Waals surface area contributed by atoms with Gasteiger partial charge in [-0.15, -0.1) is 13.2 Å². The third kappa shape index (κ3) is 4.03. The van der Waals surface area contributed by atoms with Gasteiger partial charge in [0.05, 0.1) is 22.2 Å². The maximum absolute atomic E-state index is 12.6. The lowest BCUT2D eigenvalue weighted by Crippen LogP contribution is -2.23. The van der Waals surface area contributed by atoms with Crippen molar-refractivity contribution in [3.63, 3.8) is 0 Å². The summed E-state index contributed by atoms with van der Waals surface area (Å²) in [5.41, 5.74) is -4.84. The van der Waals surface area contributed by atoms with E-state index in [0.717, 1.165) is 36.4 Å². The molecule has 1 fully saturated rings. The van der Waals surface area contributed by atoms with Crippen LogP contribution in [0.15, 0.2) is 35.4 Å². The van der Waals surface area contributed by atoms with Crippen LogP contribution in [0.5, 0.6) is 0 Å². The van der Waals surface area contributed by atoms with Crippen molar-refractivity contribution in [2.24, 2.45) is 5.92 Å². The molecule has 1 unspecified atom stereocenters. The molecule has 1 aromatic heterocycles. The predicted octanol–water partition coefficient (Wildman–Crippen LogP) is 2.82. The second-order valence-electron chi connectivity index (χ2n) is 5.86. The van der Waals surface area contributed by atoms with E-state index in [1.54, 1.807) is 0 Å². The minimum absolute atomic E-state index is 0.0324. The molecule has 2 atom stereocenters. The molecule has 1 aliphatic rings. The van der Waals surface area contributed by atoms with E-state index in [1.165, 1.54) is 18.3 Å². The molecule has 1 aromatic carbocycles. The number of nitrogens with zero attached hydrogens (tertiary/aromatic N) is 2. The topological polar surface area (TPSA) is 76.5 Å². The molecular formula is C16H15F3N2O3S2. The summed E-state index contributed by atoms with van der Waals surface area (Å²) in [4.78, 5) is 18.6. The highest BCUT2D eigenvalue weighted by Gasteiger charge is 2.46. The van der Waals surface area contributed by atoms with Crippen LogP contribution in [-0.4, -0.2) is 45.6 Å². The Hall–Kier alpha value is -1.62. The van der Waals surface area contributed by atoms with Gasteiger partial charge in [0.1, 0.15) is 0 Å². The Morgan fingerprint density at radius 2 is 2.23 bits per heavy atom. The van der Waals surface area contributed by atoms with E-state index in [-0.39, 0.29) is 18.1 Å². The van der Waals surface area contributed by atoms with Crippen LogP contribution in [0.2, 0.25) is 0 Å². The van der Waals surface area contributed by atoms with E-state index >= 15 is 0 Å². The van der Waals surface area contributed by atoms with E-state index in [4.69, 9.17) is 0 Å². The summed E-state index contributed by atoms with van der Waals surface area (Å²) in [6.45, 7) is 1.47. The van der Waals surface area contributed by atoms with Crippen LogP contribution in [0.3, 0.4) is 0 Å². The highest BCUT2D eigenvalue weighted by atomic mass is 32.2. The van der Waals surface area contributed by atoms with Gasteiger partial charge in [-0.05, 0) is 12.5 Å². The summed E-state index contributed by atoms with van der Waals surface area (Å²) in [5, 5.41) is 9.84. The number of hydrogen-bond acceptors (Lipinski definition) is 6. The Morgan fingerprint density at radius 1 is 1.46 bits per heavy atom. The lowest BCUT2D eigenvalue weighted by molar-refractivity contribution is -0.0435. The van der Waals surface area contributed by atoms with Gasteiger partial charge < -0.3 is 14.6 Å². The fourth-order valence-corrected chi connectivity index (χ4v) is 4.32. The molecule has 0 bridgehead atoms. The van der Waals surface area contributed by atoms with E-state index < -0.39 is 27.4 Å². The molecule has 0 amide bonds. The molecule has 2 aromatic rings. The van der Waals surface area contributed by atoms with Gasteiger partial charge in [0.2, 0.25) is 5.78 Å². The molecule has 0 saturated carbocycles. The van der Waals surface area contributed by atoms with Gasteiger partial charge >= 0.3 is 5.51 Å². The number of ketones is 1. The van der Waals surface area contributed by atoms with Gasteiger partial charge in [-0.25, -0.2) is 4.98 Å². The second-order valence-corrected chi connectivity index (χ2v) is 8.34. The van der Waals surface area contributed by atoms with Gasteiger partial charge in [0.15, 0.2) is 10.0 Å². The molecular weight excluding hydrogens is 389 g/mol.